The lowest BCUT2D eigenvalue weighted by molar-refractivity contribution is -0.384. The molecule has 0 bridgehead atoms. The Labute approximate surface area is 138 Å². The first-order chi connectivity index (χ1) is 11.6. The summed E-state index contributed by atoms with van der Waals surface area (Å²) in [5.41, 5.74) is 7.37. The minimum Gasteiger partial charge on any atom is -0.378 e. The molecule has 0 aliphatic carbocycles. The summed E-state index contributed by atoms with van der Waals surface area (Å²) in [4.78, 5) is 18.2. The molecule has 0 saturated heterocycles. The highest BCUT2D eigenvalue weighted by atomic mass is 16.6. The molecular formula is C17H15N5O2. The topological polar surface area (TPSA) is 107 Å². The zero-order valence-corrected chi connectivity index (χ0v) is 12.7. The maximum absolute atomic E-state index is 10.8. The van der Waals surface area contributed by atoms with Crippen LogP contribution in [0.1, 0.15) is 17.2 Å². The van der Waals surface area contributed by atoms with Gasteiger partial charge < -0.3 is 11.1 Å². The third kappa shape index (κ3) is 3.30. The van der Waals surface area contributed by atoms with Crippen LogP contribution in [0.25, 0.3) is 0 Å². The summed E-state index contributed by atoms with van der Waals surface area (Å²) >= 11 is 0. The number of nitrogens with two attached hydrogens (primary N) is 1. The summed E-state index contributed by atoms with van der Waals surface area (Å²) in [6.07, 6.45) is 1.11. The average Bonchev–Trinajstić information content (AvgIpc) is 2.61. The van der Waals surface area contributed by atoms with Crippen molar-refractivity contribution in [3.8, 4) is 0 Å². The molecule has 0 aliphatic rings. The second-order valence-corrected chi connectivity index (χ2v) is 5.12. The number of anilines is 2. The zero-order valence-electron chi connectivity index (χ0n) is 12.7. The van der Waals surface area contributed by atoms with Crippen molar-refractivity contribution >= 4 is 17.5 Å². The lowest BCUT2D eigenvalue weighted by atomic mass is 9.99. The van der Waals surface area contributed by atoms with Crippen molar-refractivity contribution in [3.05, 3.63) is 88.1 Å². The van der Waals surface area contributed by atoms with E-state index >= 15 is 0 Å². The minimum atomic E-state index is -0.606. The van der Waals surface area contributed by atoms with Gasteiger partial charge in [-0.15, -0.1) is 0 Å². The van der Waals surface area contributed by atoms with E-state index in [0.717, 1.165) is 17.3 Å². The van der Waals surface area contributed by atoms with Gasteiger partial charge in [0.05, 0.1) is 11.0 Å². The lowest BCUT2D eigenvalue weighted by Gasteiger charge is -2.19. The molecule has 24 heavy (non-hydrogen) atoms. The molecule has 3 rings (SSSR count). The zero-order chi connectivity index (χ0) is 16.9. The minimum absolute atomic E-state index is 0.169. The van der Waals surface area contributed by atoms with E-state index < -0.39 is 4.92 Å². The first-order valence-corrected chi connectivity index (χ1v) is 7.28. The molecule has 0 spiro atoms. The van der Waals surface area contributed by atoms with Gasteiger partial charge in [-0.25, -0.2) is 4.98 Å². The maximum atomic E-state index is 10.8. The van der Waals surface area contributed by atoms with Crippen molar-refractivity contribution in [1.29, 1.82) is 0 Å². The Hall–Kier alpha value is -3.48. The molecule has 7 nitrogen and oxygen atoms in total. The third-order valence-corrected chi connectivity index (χ3v) is 3.53. The van der Waals surface area contributed by atoms with Crippen molar-refractivity contribution in [2.75, 3.05) is 11.1 Å². The fourth-order valence-corrected chi connectivity index (χ4v) is 2.38. The fraction of sp³-hybridized carbons (Fsp3) is 0.0588. The first-order valence-electron chi connectivity index (χ1n) is 7.28. The van der Waals surface area contributed by atoms with E-state index in [1.165, 1.54) is 0 Å². The lowest BCUT2D eigenvalue weighted by Crippen LogP contribution is -2.15. The van der Waals surface area contributed by atoms with Gasteiger partial charge in [-0.2, -0.15) is 4.98 Å². The largest absolute Gasteiger partial charge is 0.378 e. The van der Waals surface area contributed by atoms with Crippen LogP contribution in [0.4, 0.5) is 17.5 Å². The fourth-order valence-electron chi connectivity index (χ4n) is 2.38. The summed E-state index contributed by atoms with van der Waals surface area (Å²) in [6, 6.07) is 19.4. The third-order valence-electron chi connectivity index (χ3n) is 3.53. The number of nitro groups is 1. The van der Waals surface area contributed by atoms with Gasteiger partial charge in [-0.1, -0.05) is 60.7 Å². The number of benzene rings is 2. The number of nitrogen functional groups attached to an aromatic ring is 1. The monoisotopic (exact) mass is 321 g/mol. The smallest absolute Gasteiger partial charge is 0.329 e. The highest BCUT2D eigenvalue weighted by Gasteiger charge is 2.18. The Bertz CT molecular complexity index is 801. The molecule has 0 radical (unpaired) electrons. The second-order valence-electron chi connectivity index (χ2n) is 5.12. The van der Waals surface area contributed by atoms with E-state index in [0.29, 0.717) is 0 Å². The molecule has 1 heterocycles. The van der Waals surface area contributed by atoms with Gasteiger partial charge in [0.2, 0.25) is 11.8 Å². The first kappa shape index (κ1) is 15.4. The SMILES string of the molecule is Nc1nc(NC(c2ccccc2)c2ccccc2)ncc1[N+](=O)[O-]. The van der Waals surface area contributed by atoms with Gasteiger partial charge in [0, 0.05) is 0 Å². The number of hydrogen-bond donors (Lipinski definition) is 2. The normalized spacial score (nSPS) is 10.5. The molecule has 7 heteroatoms. The van der Waals surface area contributed by atoms with Crippen molar-refractivity contribution < 1.29 is 4.92 Å². The molecule has 0 aliphatic heterocycles. The number of hydrogen-bond acceptors (Lipinski definition) is 6. The van der Waals surface area contributed by atoms with Crippen LogP contribution in [-0.2, 0) is 0 Å². The van der Waals surface area contributed by atoms with Crippen molar-refractivity contribution in [2.24, 2.45) is 0 Å². The molecule has 0 fully saturated rings. The van der Waals surface area contributed by atoms with Crippen LogP contribution in [0.15, 0.2) is 66.9 Å². The Morgan fingerprint density at radius 3 is 2.00 bits per heavy atom. The molecule has 2 aromatic carbocycles. The van der Waals surface area contributed by atoms with E-state index in [-0.39, 0.29) is 23.5 Å². The van der Waals surface area contributed by atoms with Gasteiger partial charge in [-0.05, 0) is 11.1 Å². The number of nitrogens with zero attached hydrogens (tertiary/aromatic N) is 3. The Kier molecular flexibility index (Phi) is 4.33. The molecule has 120 valence electrons. The number of rotatable bonds is 5. The van der Waals surface area contributed by atoms with Crippen molar-refractivity contribution in [1.82, 2.24) is 9.97 Å². The summed E-state index contributed by atoms with van der Waals surface area (Å²) in [5, 5.41) is 14.0. The highest BCUT2D eigenvalue weighted by Crippen LogP contribution is 2.26. The Morgan fingerprint density at radius 1 is 1.00 bits per heavy atom. The summed E-state index contributed by atoms with van der Waals surface area (Å²) < 4.78 is 0. The molecule has 0 saturated carbocycles. The van der Waals surface area contributed by atoms with Gasteiger partial charge in [-0.3, -0.25) is 10.1 Å². The van der Waals surface area contributed by atoms with E-state index in [1.807, 2.05) is 60.7 Å². The van der Waals surface area contributed by atoms with Crippen LogP contribution in [0.5, 0.6) is 0 Å². The van der Waals surface area contributed by atoms with Gasteiger partial charge in [0.25, 0.3) is 0 Å². The molecule has 3 aromatic rings. The van der Waals surface area contributed by atoms with E-state index in [2.05, 4.69) is 15.3 Å². The quantitative estimate of drug-likeness (QED) is 0.552. The summed E-state index contributed by atoms with van der Waals surface area (Å²) in [6.45, 7) is 0. The highest BCUT2D eigenvalue weighted by molar-refractivity contribution is 5.54. The summed E-state index contributed by atoms with van der Waals surface area (Å²) in [5.74, 6) is 0.0631. The molecule has 0 unspecified atom stereocenters. The molecule has 0 atom stereocenters. The van der Waals surface area contributed by atoms with Gasteiger partial charge in [0.1, 0.15) is 6.20 Å². The van der Waals surface area contributed by atoms with E-state index in [1.54, 1.807) is 0 Å². The van der Waals surface area contributed by atoms with Crippen LogP contribution in [0, 0.1) is 10.1 Å². The van der Waals surface area contributed by atoms with Crippen LogP contribution >= 0.6 is 0 Å². The van der Waals surface area contributed by atoms with Crippen molar-refractivity contribution in [3.63, 3.8) is 0 Å². The molecule has 0 amide bonds. The predicted molar refractivity (Wildman–Crippen MR) is 91.4 cm³/mol. The van der Waals surface area contributed by atoms with Crippen molar-refractivity contribution in [2.45, 2.75) is 6.04 Å². The second kappa shape index (κ2) is 6.74. The van der Waals surface area contributed by atoms with Crippen LogP contribution in [-0.4, -0.2) is 14.9 Å². The molecular weight excluding hydrogens is 306 g/mol. The Morgan fingerprint density at radius 2 is 1.54 bits per heavy atom. The maximum Gasteiger partial charge on any atom is 0.329 e. The van der Waals surface area contributed by atoms with Crippen LogP contribution < -0.4 is 11.1 Å². The number of nitrogens with one attached hydrogen (secondary N) is 1. The van der Waals surface area contributed by atoms with E-state index in [9.17, 15) is 10.1 Å². The Balaban J connectivity index is 1.96. The van der Waals surface area contributed by atoms with E-state index in [4.69, 9.17) is 5.73 Å². The van der Waals surface area contributed by atoms with Gasteiger partial charge in [0.15, 0.2) is 0 Å². The standard InChI is InChI=1S/C17H15N5O2/c18-16-14(22(23)24)11-19-17(21-16)20-15(12-7-3-1-4-8-12)13-9-5-2-6-10-13/h1-11,15H,(H3,18,19,20,21). The number of aromatic nitrogens is 2. The molecule has 3 N–H and O–H groups in total. The summed E-state index contributed by atoms with van der Waals surface area (Å²) in [7, 11) is 0. The average molecular weight is 321 g/mol. The predicted octanol–water partition coefficient (Wildman–Crippen LogP) is 3.17. The van der Waals surface area contributed by atoms with Crippen LogP contribution in [0.2, 0.25) is 0 Å². The van der Waals surface area contributed by atoms with Gasteiger partial charge >= 0.3 is 5.69 Å². The molecule has 1 aromatic heterocycles. The van der Waals surface area contributed by atoms with Crippen LogP contribution in [0.3, 0.4) is 0 Å².